The Kier molecular flexibility index (Phi) is 5.87. The molecule has 30 heavy (non-hydrogen) atoms. The second-order valence-electron chi connectivity index (χ2n) is 7.36. The van der Waals surface area contributed by atoms with Gasteiger partial charge in [0.25, 0.3) is 5.91 Å². The monoisotopic (exact) mass is 442 g/mol. The Morgan fingerprint density at radius 2 is 2.23 bits per heavy atom. The smallest absolute Gasteiger partial charge is 0.251 e. The van der Waals surface area contributed by atoms with Crippen molar-refractivity contribution in [2.45, 2.75) is 31.3 Å². The molecule has 0 fully saturated rings. The number of thiophene rings is 1. The third-order valence-electron chi connectivity index (χ3n) is 5.10. The molecule has 0 spiro atoms. The van der Waals surface area contributed by atoms with E-state index < -0.39 is 5.91 Å². The van der Waals surface area contributed by atoms with Crippen molar-refractivity contribution in [3.05, 3.63) is 40.5 Å². The molecule has 3 N–H and O–H groups in total. The Morgan fingerprint density at radius 1 is 1.40 bits per heavy atom. The van der Waals surface area contributed by atoms with Crippen LogP contribution in [0.25, 0.3) is 11.4 Å². The minimum Gasteiger partial charge on any atom is -0.365 e. The van der Waals surface area contributed by atoms with E-state index in [4.69, 9.17) is 5.73 Å². The van der Waals surface area contributed by atoms with Crippen LogP contribution in [0.2, 0.25) is 0 Å². The minimum atomic E-state index is -0.487. The summed E-state index contributed by atoms with van der Waals surface area (Å²) >= 11 is 2.75. The maximum Gasteiger partial charge on any atom is 0.251 e. The Labute approximate surface area is 182 Å². The zero-order valence-electron chi connectivity index (χ0n) is 16.7. The zero-order valence-corrected chi connectivity index (χ0v) is 18.3. The van der Waals surface area contributed by atoms with Crippen LogP contribution >= 0.6 is 23.1 Å². The number of anilines is 1. The first-order valence-electron chi connectivity index (χ1n) is 9.60. The third-order valence-corrected chi connectivity index (χ3v) is 7.29. The summed E-state index contributed by atoms with van der Waals surface area (Å²) < 4.78 is 1.83. The van der Waals surface area contributed by atoms with Crippen LogP contribution in [0.5, 0.6) is 0 Å². The lowest BCUT2D eigenvalue weighted by Crippen LogP contribution is -2.20. The van der Waals surface area contributed by atoms with Gasteiger partial charge in [0.15, 0.2) is 11.0 Å². The van der Waals surface area contributed by atoms with E-state index in [1.165, 1.54) is 23.1 Å². The number of carbonyl (C=O) groups is 2. The van der Waals surface area contributed by atoms with Crippen LogP contribution in [0.4, 0.5) is 5.00 Å². The minimum absolute atomic E-state index is 0.149. The highest BCUT2D eigenvalue weighted by Gasteiger charge is 2.27. The van der Waals surface area contributed by atoms with Gasteiger partial charge in [-0.3, -0.25) is 14.6 Å². The summed E-state index contributed by atoms with van der Waals surface area (Å²) in [6, 6.07) is 3.74. The average Bonchev–Trinajstić information content (AvgIpc) is 3.26. The number of amides is 2. The maximum absolute atomic E-state index is 12.6. The normalized spacial score (nSPS) is 15.6. The molecule has 0 saturated heterocycles. The van der Waals surface area contributed by atoms with Crippen LogP contribution in [0, 0.1) is 5.92 Å². The molecule has 1 aliphatic rings. The van der Waals surface area contributed by atoms with Gasteiger partial charge in [-0.15, -0.1) is 21.5 Å². The molecular weight excluding hydrogens is 420 g/mol. The highest BCUT2D eigenvalue weighted by atomic mass is 32.2. The number of nitrogens with zero attached hydrogens (tertiary/aromatic N) is 4. The molecule has 8 nitrogen and oxygen atoms in total. The van der Waals surface area contributed by atoms with Crippen molar-refractivity contribution < 1.29 is 9.59 Å². The van der Waals surface area contributed by atoms with Gasteiger partial charge >= 0.3 is 0 Å². The summed E-state index contributed by atoms with van der Waals surface area (Å²) in [4.78, 5) is 29.9. The molecule has 1 atom stereocenters. The molecule has 1 aliphatic carbocycles. The van der Waals surface area contributed by atoms with Gasteiger partial charge in [0.1, 0.15) is 5.00 Å². The standard InChI is InChI=1S/C20H22N6O2S2/c1-11-5-6-13-14(8-11)30-19(16(13)17(21)28)23-15(27)10-29-20-25-24-18(26(20)2)12-4-3-7-22-9-12/h3-4,7,9,11H,5-6,8,10H2,1-2H3,(H2,21,28)(H,23,27). The molecule has 3 aromatic heterocycles. The lowest BCUT2D eigenvalue weighted by atomic mass is 9.88. The van der Waals surface area contributed by atoms with Gasteiger partial charge in [-0.2, -0.15) is 0 Å². The predicted octanol–water partition coefficient (Wildman–Crippen LogP) is 2.89. The second kappa shape index (κ2) is 8.57. The second-order valence-corrected chi connectivity index (χ2v) is 9.41. The van der Waals surface area contributed by atoms with E-state index in [1.807, 2.05) is 23.7 Å². The molecule has 1 unspecified atom stereocenters. The van der Waals surface area contributed by atoms with Crippen molar-refractivity contribution >= 4 is 39.9 Å². The molecule has 4 rings (SSSR count). The SMILES string of the molecule is CC1CCc2c(sc(NC(=O)CSc3nnc(-c4cccnc4)n3C)c2C(N)=O)C1. The number of thioether (sulfide) groups is 1. The molecule has 10 heteroatoms. The molecule has 0 aliphatic heterocycles. The number of aromatic nitrogens is 4. The van der Waals surface area contributed by atoms with Crippen molar-refractivity contribution in [1.29, 1.82) is 0 Å². The fourth-order valence-corrected chi connectivity index (χ4v) is 5.72. The molecule has 0 bridgehead atoms. The molecule has 3 heterocycles. The van der Waals surface area contributed by atoms with Gasteiger partial charge in [0, 0.05) is 29.9 Å². The fraction of sp³-hybridized carbons (Fsp3) is 0.350. The van der Waals surface area contributed by atoms with E-state index in [-0.39, 0.29) is 11.7 Å². The van der Waals surface area contributed by atoms with E-state index in [2.05, 4.69) is 27.4 Å². The molecule has 0 aromatic carbocycles. The van der Waals surface area contributed by atoms with Gasteiger partial charge in [-0.1, -0.05) is 18.7 Å². The van der Waals surface area contributed by atoms with Gasteiger partial charge < -0.3 is 15.6 Å². The number of hydrogen-bond acceptors (Lipinski definition) is 7. The number of rotatable bonds is 6. The number of hydrogen-bond donors (Lipinski definition) is 2. The Bertz CT molecular complexity index is 1090. The van der Waals surface area contributed by atoms with Crippen LogP contribution in [-0.2, 0) is 24.7 Å². The lowest BCUT2D eigenvalue weighted by Gasteiger charge is -2.18. The molecule has 3 aromatic rings. The molecule has 0 saturated carbocycles. The molecule has 2 amide bonds. The number of carbonyl (C=O) groups excluding carboxylic acids is 2. The van der Waals surface area contributed by atoms with E-state index in [0.29, 0.717) is 27.5 Å². The Morgan fingerprint density at radius 3 is 2.97 bits per heavy atom. The number of nitrogens with one attached hydrogen (secondary N) is 1. The number of pyridine rings is 1. The van der Waals surface area contributed by atoms with Gasteiger partial charge in [-0.25, -0.2) is 0 Å². The van der Waals surface area contributed by atoms with Gasteiger partial charge in [0.2, 0.25) is 5.91 Å². The summed E-state index contributed by atoms with van der Waals surface area (Å²) in [6.45, 7) is 2.20. The van der Waals surface area contributed by atoms with Crippen LogP contribution in [0.1, 0.15) is 34.1 Å². The maximum atomic E-state index is 12.6. The van der Waals surface area contributed by atoms with Crippen molar-refractivity contribution in [2.24, 2.45) is 18.7 Å². The van der Waals surface area contributed by atoms with Crippen molar-refractivity contribution in [3.8, 4) is 11.4 Å². The molecular formula is C20H22N6O2S2. The topological polar surface area (TPSA) is 116 Å². The lowest BCUT2D eigenvalue weighted by molar-refractivity contribution is -0.113. The summed E-state index contributed by atoms with van der Waals surface area (Å²) in [5.41, 5.74) is 7.95. The van der Waals surface area contributed by atoms with Gasteiger partial charge in [0.05, 0.1) is 11.3 Å². The fourth-order valence-electron chi connectivity index (χ4n) is 3.58. The van der Waals surface area contributed by atoms with Crippen LogP contribution in [-0.4, -0.2) is 37.3 Å². The zero-order chi connectivity index (χ0) is 21.3. The van der Waals surface area contributed by atoms with Crippen LogP contribution in [0.15, 0.2) is 29.7 Å². The quantitative estimate of drug-likeness (QED) is 0.567. The van der Waals surface area contributed by atoms with Crippen LogP contribution < -0.4 is 11.1 Å². The summed E-state index contributed by atoms with van der Waals surface area (Å²) in [7, 11) is 1.85. The average molecular weight is 443 g/mol. The first-order chi connectivity index (χ1) is 14.4. The van der Waals surface area contributed by atoms with E-state index in [9.17, 15) is 9.59 Å². The number of nitrogens with two attached hydrogens (primary N) is 1. The Hall–Kier alpha value is -2.72. The number of fused-ring (bicyclic) bond motifs is 1. The number of primary amides is 1. The molecule has 156 valence electrons. The van der Waals surface area contributed by atoms with Crippen molar-refractivity contribution in [2.75, 3.05) is 11.1 Å². The van der Waals surface area contributed by atoms with E-state index >= 15 is 0 Å². The molecule has 0 radical (unpaired) electrons. The highest BCUT2D eigenvalue weighted by Crippen LogP contribution is 2.39. The first-order valence-corrected chi connectivity index (χ1v) is 11.4. The summed E-state index contributed by atoms with van der Waals surface area (Å²) in [6.07, 6.45) is 6.19. The summed E-state index contributed by atoms with van der Waals surface area (Å²) in [5, 5.41) is 12.4. The highest BCUT2D eigenvalue weighted by molar-refractivity contribution is 7.99. The summed E-state index contributed by atoms with van der Waals surface area (Å²) in [5.74, 6) is 0.707. The van der Waals surface area contributed by atoms with E-state index in [0.717, 1.165) is 35.3 Å². The van der Waals surface area contributed by atoms with Crippen molar-refractivity contribution in [3.63, 3.8) is 0 Å². The third kappa shape index (κ3) is 4.10. The van der Waals surface area contributed by atoms with E-state index in [1.54, 1.807) is 12.4 Å². The largest absolute Gasteiger partial charge is 0.365 e. The van der Waals surface area contributed by atoms with Crippen molar-refractivity contribution in [1.82, 2.24) is 19.7 Å². The predicted molar refractivity (Wildman–Crippen MR) is 118 cm³/mol. The Balaban J connectivity index is 1.45. The van der Waals surface area contributed by atoms with Crippen LogP contribution in [0.3, 0.4) is 0 Å². The first kappa shape index (κ1) is 20.5. The van der Waals surface area contributed by atoms with Gasteiger partial charge in [-0.05, 0) is 42.9 Å².